The Kier molecular flexibility index (Phi) is 5.68. The summed E-state index contributed by atoms with van der Waals surface area (Å²) in [6, 6.07) is -0.714. The summed E-state index contributed by atoms with van der Waals surface area (Å²) in [6.45, 7) is 3.78. The molecule has 2 fully saturated rings. The predicted molar refractivity (Wildman–Crippen MR) is 76.7 cm³/mol. The van der Waals surface area contributed by atoms with Gasteiger partial charge in [-0.3, -0.25) is 4.79 Å². The largest absolute Gasteiger partial charge is 0.480 e. The van der Waals surface area contributed by atoms with E-state index in [-0.39, 0.29) is 24.0 Å². The third kappa shape index (κ3) is 3.65. The predicted octanol–water partition coefficient (Wildman–Crippen LogP) is 0.520. The summed E-state index contributed by atoms with van der Waals surface area (Å²) in [6.07, 6.45) is 2.68. The molecule has 0 aromatic heterocycles. The maximum Gasteiger partial charge on any atom is 0.327 e. The molecule has 0 radical (unpaired) electrons. The molecule has 2 aliphatic heterocycles. The Morgan fingerprint density at radius 1 is 1.40 bits per heavy atom. The lowest BCUT2D eigenvalue weighted by molar-refractivity contribution is -0.152. The number of carboxylic acid groups (broad SMARTS) is 1. The van der Waals surface area contributed by atoms with Crippen molar-refractivity contribution in [3.8, 4) is 0 Å². The minimum atomic E-state index is -0.927. The first-order chi connectivity index (χ1) is 9.63. The van der Waals surface area contributed by atoms with Crippen LogP contribution in [0.4, 0.5) is 0 Å². The molecule has 0 spiro atoms. The van der Waals surface area contributed by atoms with Gasteiger partial charge in [0.2, 0.25) is 5.91 Å². The van der Waals surface area contributed by atoms with Crippen LogP contribution in [0, 0.1) is 0 Å². The lowest BCUT2D eigenvalue weighted by atomic mass is 10.1. The van der Waals surface area contributed by atoms with Crippen LogP contribution in [0.1, 0.15) is 26.2 Å². The highest BCUT2D eigenvalue weighted by molar-refractivity contribution is 8.00. The highest BCUT2D eigenvalue weighted by Gasteiger charge is 2.40. The molecule has 2 unspecified atom stereocenters. The second-order valence-corrected chi connectivity index (χ2v) is 6.32. The maximum absolute atomic E-state index is 12.3. The van der Waals surface area contributed by atoms with Crippen LogP contribution < -0.4 is 5.32 Å². The Balaban J connectivity index is 1.89. The Morgan fingerprint density at radius 3 is 2.70 bits per heavy atom. The van der Waals surface area contributed by atoms with Gasteiger partial charge in [0, 0.05) is 5.75 Å². The number of ether oxygens (including phenoxy) is 1. The van der Waals surface area contributed by atoms with E-state index >= 15 is 0 Å². The van der Waals surface area contributed by atoms with Crippen molar-refractivity contribution in [2.24, 2.45) is 0 Å². The Labute approximate surface area is 123 Å². The molecule has 0 bridgehead atoms. The zero-order chi connectivity index (χ0) is 14.5. The smallest absolute Gasteiger partial charge is 0.327 e. The van der Waals surface area contributed by atoms with E-state index in [0.717, 1.165) is 32.4 Å². The van der Waals surface area contributed by atoms with Crippen molar-refractivity contribution in [1.29, 1.82) is 0 Å². The molecule has 20 heavy (non-hydrogen) atoms. The van der Waals surface area contributed by atoms with Crippen molar-refractivity contribution in [2.45, 2.75) is 43.7 Å². The lowest BCUT2D eigenvalue weighted by Crippen LogP contribution is -2.47. The molecule has 2 aliphatic rings. The maximum atomic E-state index is 12.3. The zero-order valence-electron chi connectivity index (χ0n) is 11.7. The molecular formula is C13H22N2O4S. The number of thioether (sulfide) groups is 1. The first kappa shape index (κ1) is 15.6. The number of aliphatic carboxylic acids is 1. The molecule has 2 rings (SSSR count). The van der Waals surface area contributed by atoms with Crippen molar-refractivity contribution in [2.75, 3.05) is 25.4 Å². The summed E-state index contributed by atoms with van der Waals surface area (Å²) in [7, 11) is 0. The highest BCUT2D eigenvalue weighted by Crippen LogP contribution is 2.31. The van der Waals surface area contributed by atoms with Gasteiger partial charge in [0.25, 0.3) is 0 Å². The summed E-state index contributed by atoms with van der Waals surface area (Å²) in [4.78, 5) is 25.0. The minimum Gasteiger partial charge on any atom is -0.480 e. The second-order valence-electron chi connectivity index (χ2n) is 5.11. The van der Waals surface area contributed by atoms with Crippen LogP contribution in [-0.2, 0) is 14.3 Å². The van der Waals surface area contributed by atoms with Gasteiger partial charge in [-0.15, -0.1) is 11.8 Å². The van der Waals surface area contributed by atoms with Crippen LogP contribution in [-0.4, -0.2) is 64.9 Å². The molecule has 0 aromatic carbocycles. The van der Waals surface area contributed by atoms with E-state index in [4.69, 9.17) is 4.74 Å². The van der Waals surface area contributed by atoms with E-state index in [1.807, 2.05) is 6.92 Å². The zero-order valence-corrected chi connectivity index (χ0v) is 12.5. The fourth-order valence-corrected chi connectivity index (χ4v) is 4.00. The summed E-state index contributed by atoms with van der Waals surface area (Å²) in [5.41, 5.74) is 0. The number of hydrogen-bond acceptors (Lipinski definition) is 5. The third-order valence-corrected chi connectivity index (χ3v) is 5.20. The number of hydrogen-bond donors (Lipinski definition) is 2. The summed E-state index contributed by atoms with van der Waals surface area (Å²) < 4.78 is 5.64. The number of carboxylic acids is 1. The van der Waals surface area contributed by atoms with Crippen molar-refractivity contribution in [3.63, 3.8) is 0 Å². The number of nitrogens with one attached hydrogen (secondary N) is 1. The van der Waals surface area contributed by atoms with Crippen molar-refractivity contribution < 1.29 is 19.4 Å². The van der Waals surface area contributed by atoms with Crippen LogP contribution in [0.25, 0.3) is 0 Å². The van der Waals surface area contributed by atoms with E-state index < -0.39 is 12.0 Å². The van der Waals surface area contributed by atoms with E-state index in [1.165, 1.54) is 16.7 Å². The molecular weight excluding hydrogens is 280 g/mol. The van der Waals surface area contributed by atoms with Crippen molar-refractivity contribution >= 4 is 23.6 Å². The van der Waals surface area contributed by atoms with Crippen LogP contribution in [0.5, 0.6) is 0 Å². The van der Waals surface area contributed by atoms with Crippen molar-refractivity contribution in [1.82, 2.24) is 10.2 Å². The minimum absolute atomic E-state index is 0.00843. The Hall–Kier alpha value is -0.790. The summed E-state index contributed by atoms with van der Waals surface area (Å²) in [5.74, 6) is -0.663. The van der Waals surface area contributed by atoms with Gasteiger partial charge in [0.05, 0.1) is 11.5 Å². The Morgan fingerprint density at radius 2 is 2.10 bits per heavy atom. The molecule has 0 aromatic rings. The molecule has 1 amide bonds. The van der Waals surface area contributed by atoms with Crippen LogP contribution in [0.15, 0.2) is 0 Å². The monoisotopic (exact) mass is 302 g/mol. The molecule has 0 aliphatic carbocycles. The number of carbonyl (C=O) groups is 2. The van der Waals surface area contributed by atoms with E-state index in [0.29, 0.717) is 5.75 Å². The SMILES string of the molecule is CCC1SCC(C(=O)O)N1C(=O)COC1CCNCC1. The molecule has 2 atom stereocenters. The highest BCUT2D eigenvalue weighted by atomic mass is 32.2. The van der Waals surface area contributed by atoms with Gasteiger partial charge in [-0.2, -0.15) is 0 Å². The first-order valence-corrected chi connectivity index (χ1v) is 8.16. The summed E-state index contributed by atoms with van der Waals surface area (Å²) in [5, 5.41) is 12.4. The van der Waals surface area contributed by atoms with Crippen molar-refractivity contribution in [3.05, 3.63) is 0 Å². The number of piperidine rings is 1. The van der Waals surface area contributed by atoms with Crippen LogP contribution in [0.3, 0.4) is 0 Å². The summed E-state index contributed by atoms with van der Waals surface area (Å²) >= 11 is 1.54. The molecule has 0 saturated carbocycles. The fraction of sp³-hybridized carbons (Fsp3) is 0.846. The van der Waals surface area contributed by atoms with Crippen LogP contribution in [0.2, 0.25) is 0 Å². The topological polar surface area (TPSA) is 78.9 Å². The fourth-order valence-electron chi connectivity index (χ4n) is 2.63. The van der Waals surface area contributed by atoms with Gasteiger partial charge in [-0.25, -0.2) is 4.79 Å². The molecule has 6 nitrogen and oxygen atoms in total. The third-order valence-electron chi connectivity index (χ3n) is 3.74. The number of carbonyl (C=O) groups excluding carboxylic acids is 1. The molecule has 7 heteroatoms. The second kappa shape index (κ2) is 7.28. The van der Waals surface area contributed by atoms with Gasteiger partial charge in [0.15, 0.2) is 0 Å². The lowest BCUT2D eigenvalue weighted by Gasteiger charge is -2.28. The van der Waals surface area contributed by atoms with Gasteiger partial charge < -0.3 is 20.1 Å². The molecule has 114 valence electrons. The first-order valence-electron chi connectivity index (χ1n) is 7.11. The average Bonchev–Trinajstić information content (AvgIpc) is 2.90. The molecule has 2 N–H and O–H groups in total. The normalized spacial score (nSPS) is 27.8. The average molecular weight is 302 g/mol. The molecule has 2 saturated heterocycles. The van der Waals surface area contributed by atoms with E-state index in [1.54, 1.807) is 0 Å². The number of amides is 1. The van der Waals surface area contributed by atoms with E-state index in [2.05, 4.69) is 5.32 Å². The van der Waals surface area contributed by atoms with Gasteiger partial charge in [0.1, 0.15) is 12.6 Å². The van der Waals surface area contributed by atoms with Gasteiger partial charge >= 0.3 is 5.97 Å². The number of rotatable bonds is 5. The molecule has 2 heterocycles. The quantitative estimate of drug-likeness (QED) is 0.771. The number of nitrogens with zero attached hydrogens (tertiary/aromatic N) is 1. The van der Waals surface area contributed by atoms with Crippen LogP contribution >= 0.6 is 11.8 Å². The van der Waals surface area contributed by atoms with Gasteiger partial charge in [-0.05, 0) is 32.4 Å². The standard InChI is InChI=1S/C13H22N2O4S/c1-2-12-15(10(8-20-12)13(17)18)11(16)7-19-9-3-5-14-6-4-9/h9-10,12,14H,2-8H2,1H3,(H,17,18). The Bertz CT molecular complexity index is 360. The van der Waals surface area contributed by atoms with E-state index in [9.17, 15) is 14.7 Å². The van der Waals surface area contributed by atoms with Gasteiger partial charge in [-0.1, -0.05) is 6.92 Å².